The van der Waals surface area contributed by atoms with Gasteiger partial charge in [0.2, 0.25) is 0 Å². The lowest BCUT2D eigenvalue weighted by molar-refractivity contribution is 0.0143. The molecule has 0 aliphatic heterocycles. The van der Waals surface area contributed by atoms with Crippen LogP contribution in [0, 0.1) is 0 Å². The van der Waals surface area contributed by atoms with Crippen molar-refractivity contribution in [1.82, 2.24) is 15.5 Å². The zero-order valence-electron chi connectivity index (χ0n) is 10.9. The predicted molar refractivity (Wildman–Crippen MR) is 73.5 cm³/mol. The lowest BCUT2D eigenvalue weighted by Crippen LogP contribution is -2.23. The molecule has 0 radical (unpaired) electrons. The van der Waals surface area contributed by atoms with Gasteiger partial charge >= 0.3 is 0 Å². The summed E-state index contributed by atoms with van der Waals surface area (Å²) >= 11 is 0. The number of H-pyrrole nitrogens is 1. The second-order valence-corrected chi connectivity index (χ2v) is 4.46. The molecule has 0 amide bonds. The number of hydrogen-bond donors (Lipinski definition) is 4. The summed E-state index contributed by atoms with van der Waals surface area (Å²) in [5.74, 6) is 0. The highest BCUT2D eigenvalue weighted by atomic mass is 16.3. The normalized spacial score (nSPS) is 14.3. The van der Waals surface area contributed by atoms with Crippen LogP contribution in [0.5, 0.6) is 0 Å². The van der Waals surface area contributed by atoms with E-state index in [0.717, 1.165) is 11.3 Å². The monoisotopic (exact) mass is 261 g/mol. The molecule has 5 nitrogen and oxygen atoms in total. The van der Waals surface area contributed by atoms with Gasteiger partial charge in [-0.3, -0.25) is 5.10 Å². The number of nitrogens with one attached hydrogen (secondary N) is 2. The maximum atomic E-state index is 10.3. The van der Waals surface area contributed by atoms with E-state index in [4.69, 9.17) is 0 Å². The van der Waals surface area contributed by atoms with Crippen LogP contribution in [-0.2, 0) is 0 Å². The molecule has 0 fully saturated rings. The van der Waals surface area contributed by atoms with Crippen LogP contribution in [0.3, 0.4) is 0 Å². The van der Waals surface area contributed by atoms with Crippen LogP contribution in [0.1, 0.15) is 18.1 Å². The van der Waals surface area contributed by atoms with Gasteiger partial charge in [0.25, 0.3) is 0 Å². The Labute approximate surface area is 112 Å². The Morgan fingerprint density at radius 3 is 2.74 bits per heavy atom. The second-order valence-electron chi connectivity index (χ2n) is 4.46. The number of aromatic amines is 1. The summed E-state index contributed by atoms with van der Waals surface area (Å²) in [4.78, 5) is 0. The van der Waals surface area contributed by atoms with E-state index >= 15 is 0 Å². The number of aliphatic hydroxyl groups excluding tert-OH is 2. The quantitative estimate of drug-likeness (QED) is 0.627. The van der Waals surface area contributed by atoms with Crippen LogP contribution >= 0.6 is 0 Å². The molecule has 102 valence electrons. The van der Waals surface area contributed by atoms with Crippen molar-refractivity contribution in [3.05, 3.63) is 42.1 Å². The Morgan fingerprint density at radius 1 is 1.26 bits per heavy atom. The van der Waals surface area contributed by atoms with Gasteiger partial charge in [-0.15, -0.1) is 0 Å². The van der Waals surface area contributed by atoms with E-state index in [2.05, 4.69) is 15.5 Å². The first-order valence-corrected chi connectivity index (χ1v) is 6.33. The summed E-state index contributed by atoms with van der Waals surface area (Å²) in [6.45, 7) is 0.657. The van der Waals surface area contributed by atoms with Crippen LogP contribution in [0.2, 0.25) is 0 Å². The van der Waals surface area contributed by atoms with Crippen molar-refractivity contribution in [3.63, 3.8) is 0 Å². The third-order valence-electron chi connectivity index (χ3n) is 3.12. The number of rotatable bonds is 6. The lowest BCUT2D eigenvalue weighted by Gasteiger charge is -2.20. The maximum absolute atomic E-state index is 10.3. The highest BCUT2D eigenvalue weighted by molar-refractivity contribution is 5.63. The number of benzene rings is 1. The van der Waals surface area contributed by atoms with Crippen molar-refractivity contribution in [2.24, 2.45) is 0 Å². The van der Waals surface area contributed by atoms with E-state index in [-0.39, 0.29) is 0 Å². The van der Waals surface area contributed by atoms with Crippen molar-refractivity contribution in [3.8, 4) is 11.3 Å². The highest BCUT2D eigenvalue weighted by Crippen LogP contribution is 2.29. The Hall–Kier alpha value is -1.69. The van der Waals surface area contributed by atoms with Crippen molar-refractivity contribution in [1.29, 1.82) is 0 Å². The fourth-order valence-electron chi connectivity index (χ4n) is 2.06. The average molecular weight is 261 g/mol. The van der Waals surface area contributed by atoms with Gasteiger partial charge in [0, 0.05) is 11.8 Å². The van der Waals surface area contributed by atoms with Crippen LogP contribution in [0.4, 0.5) is 0 Å². The standard InChI is InChI=1S/C14H19N3O2/c1-15-8-7-13(18)14(19)11-5-3-2-4-10(11)12-6-9-16-17-12/h2-6,9,13-15,18-19H,7-8H2,1H3,(H,16,17). The molecule has 1 heterocycles. The first-order valence-electron chi connectivity index (χ1n) is 6.33. The summed E-state index contributed by atoms with van der Waals surface area (Å²) in [5.41, 5.74) is 2.39. The SMILES string of the molecule is CNCCC(O)C(O)c1ccccc1-c1ccn[nH]1. The maximum Gasteiger partial charge on any atom is 0.106 e. The fourth-order valence-corrected chi connectivity index (χ4v) is 2.06. The molecule has 2 aromatic rings. The first kappa shape index (κ1) is 13.7. The van der Waals surface area contributed by atoms with Crippen molar-refractivity contribution >= 4 is 0 Å². The van der Waals surface area contributed by atoms with E-state index in [0.29, 0.717) is 18.5 Å². The number of nitrogens with zero attached hydrogens (tertiary/aromatic N) is 1. The molecule has 0 saturated heterocycles. The molecule has 0 aliphatic rings. The van der Waals surface area contributed by atoms with E-state index < -0.39 is 12.2 Å². The van der Waals surface area contributed by atoms with Gasteiger partial charge in [0.05, 0.1) is 11.8 Å². The van der Waals surface area contributed by atoms with Crippen LogP contribution in [0.25, 0.3) is 11.3 Å². The van der Waals surface area contributed by atoms with Gasteiger partial charge in [0.15, 0.2) is 0 Å². The molecule has 0 bridgehead atoms. The lowest BCUT2D eigenvalue weighted by atomic mass is 9.95. The average Bonchev–Trinajstić information content (AvgIpc) is 2.98. The summed E-state index contributed by atoms with van der Waals surface area (Å²) in [5, 5.41) is 30.0. The summed E-state index contributed by atoms with van der Waals surface area (Å²) < 4.78 is 0. The minimum Gasteiger partial charge on any atom is -0.390 e. The van der Waals surface area contributed by atoms with Crippen LogP contribution in [0.15, 0.2) is 36.5 Å². The Morgan fingerprint density at radius 2 is 2.05 bits per heavy atom. The molecule has 2 unspecified atom stereocenters. The minimum atomic E-state index is -0.909. The Bertz CT molecular complexity index is 499. The van der Waals surface area contributed by atoms with Gasteiger partial charge in [-0.05, 0) is 31.6 Å². The van der Waals surface area contributed by atoms with E-state index in [1.807, 2.05) is 37.4 Å². The van der Waals surface area contributed by atoms with Gasteiger partial charge in [-0.2, -0.15) is 5.10 Å². The minimum absolute atomic E-state index is 0.495. The summed E-state index contributed by atoms with van der Waals surface area (Å²) in [6, 6.07) is 9.31. The fraction of sp³-hybridized carbons (Fsp3) is 0.357. The van der Waals surface area contributed by atoms with E-state index in [1.54, 1.807) is 6.20 Å². The zero-order chi connectivity index (χ0) is 13.7. The molecule has 1 aromatic heterocycles. The molecule has 2 atom stereocenters. The second kappa shape index (κ2) is 6.47. The van der Waals surface area contributed by atoms with Gasteiger partial charge in [-0.25, -0.2) is 0 Å². The van der Waals surface area contributed by atoms with E-state index in [1.165, 1.54) is 0 Å². The Balaban J connectivity index is 2.24. The molecule has 19 heavy (non-hydrogen) atoms. The number of aliphatic hydroxyl groups is 2. The molecule has 5 heteroatoms. The van der Waals surface area contributed by atoms with Gasteiger partial charge in [0.1, 0.15) is 6.10 Å². The van der Waals surface area contributed by atoms with Crippen molar-refractivity contribution in [2.45, 2.75) is 18.6 Å². The van der Waals surface area contributed by atoms with Crippen molar-refractivity contribution in [2.75, 3.05) is 13.6 Å². The number of aromatic nitrogens is 2. The molecule has 1 aromatic carbocycles. The molecule has 4 N–H and O–H groups in total. The summed E-state index contributed by atoms with van der Waals surface area (Å²) in [6.07, 6.45) is 0.453. The topological polar surface area (TPSA) is 81.2 Å². The van der Waals surface area contributed by atoms with Gasteiger partial charge < -0.3 is 15.5 Å². The summed E-state index contributed by atoms with van der Waals surface area (Å²) in [7, 11) is 1.82. The van der Waals surface area contributed by atoms with Crippen molar-refractivity contribution < 1.29 is 10.2 Å². The number of hydrogen-bond acceptors (Lipinski definition) is 4. The zero-order valence-corrected chi connectivity index (χ0v) is 10.9. The largest absolute Gasteiger partial charge is 0.390 e. The van der Waals surface area contributed by atoms with Crippen LogP contribution < -0.4 is 5.32 Å². The molecule has 0 saturated carbocycles. The molecule has 0 aliphatic carbocycles. The Kier molecular flexibility index (Phi) is 4.68. The first-order chi connectivity index (χ1) is 9.24. The molecule has 2 rings (SSSR count). The molecular weight excluding hydrogens is 242 g/mol. The van der Waals surface area contributed by atoms with E-state index in [9.17, 15) is 10.2 Å². The van der Waals surface area contributed by atoms with Crippen LogP contribution in [-0.4, -0.2) is 40.1 Å². The molecule has 0 spiro atoms. The molecular formula is C14H19N3O2. The van der Waals surface area contributed by atoms with Gasteiger partial charge in [-0.1, -0.05) is 24.3 Å². The third kappa shape index (κ3) is 3.20. The third-order valence-corrected chi connectivity index (χ3v) is 3.12. The predicted octanol–water partition coefficient (Wildman–Crippen LogP) is 1.08. The highest BCUT2D eigenvalue weighted by Gasteiger charge is 2.21. The smallest absolute Gasteiger partial charge is 0.106 e.